The van der Waals surface area contributed by atoms with Gasteiger partial charge in [-0.2, -0.15) is 0 Å². The number of nitrogens with one attached hydrogen (secondary N) is 1. The fourth-order valence-electron chi connectivity index (χ4n) is 2.35. The first kappa shape index (κ1) is 14.7. The zero-order valence-corrected chi connectivity index (χ0v) is 11.9. The molecule has 0 radical (unpaired) electrons. The normalized spacial score (nSPS) is 18.0. The van der Waals surface area contributed by atoms with E-state index in [0.717, 1.165) is 19.4 Å². The van der Waals surface area contributed by atoms with E-state index in [-0.39, 0.29) is 28.2 Å². The van der Waals surface area contributed by atoms with Gasteiger partial charge in [-0.05, 0) is 25.5 Å². The van der Waals surface area contributed by atoms with E-state index < -0.39 is 4.92 Å². The lowest BCUT2D eigenvalue weighted by Gasteiger charge is -2.21. The minimum atomic E-state index is -0.554. The first-order chi connectivity index (χ1) is 9.47. The lowest BCUT2D eigenvalue weighted by atomic mass is 10.1. The van der Waals surface area contributed by atoms with Crippen molar-refractivity contribution >= 4 is 23.2 Å². The van der Waals surface area contributed by atoms with Crippen LogP contribution in [0, 0.1) is 10.1 Å². The molecule has 108 valence electrons. The number of nitrogens with zero attached hydrogens (tertiary/aromatic N) is 2. The Bertz CT molecular complexity index is 530. The van der Waals surface area contributed by atoms with E-state index in [2.05, 4.69) is 5.32 Å². The molecule has 1 heterocycles. The van der Waals surface area contributed by atoms with E-state index in [0.29, 0.717) is 6.54 Å². The zero-order valence-electron chi connectivity index (χ0n) is 11.1. The summed E-state index contributed by atoms with van der Waals surface area (Å²) in [5.41, 5.74) is 0.0675. The van der Waals surface area contributed by atoms with Crippen molar-refractivity contribution < 1.29 is 9.72 Å². The van der Waals surface area contributed by atoms with Gasteiger partial charge < -0.3 is 10.2 Å². The van der Waals surface area contributed by atoms with E-state index in [1.807, 2.05) is 0 Å². The summed E-state index contributed by atoms with van der Waals surface area (Å²) >= 11 is 5.83. The van der Waals surface area contributed by atoms with E-state index >= 15 is 0 Å². The summed E-state index contributed by atoms with van der Waals surface area (Å²) < 4.78 is 0. The number of non-ortho nitro benzene ring substituents is 1. The lowest BCUT2D eigenvalue weighted by molar-refractivity contribution is -0.384. The molecule has 0 saturated carbocycles. The Morgan fingerprint density at radius 1 is 1.55 bits per heavy atom. The molecule has 1 amide bonds. The fourth-order valence-corrected chi connectivity index (χ4v) is 2.58. The molecule has 1 aliphatic heterocycles. The van der Waals surface area contributed by atoms with Gasteiger partial charge in [0.05, 0.1) is 4.92 Å². The van der Waals surface area contributed by atoms with Crippen molar-refractivity contribution in [1.29, 1.82) is 0 Å². The quantitative estimate of drug-likeness (QED) is 0.682. The van der Waals surface area contributed by atoms with Gasteiger partial charge in [-0.1, -0.05) is 11.6 Å². The number of halogens is 1. The standard InChI is InChI=1S/C13H16ClN3O3/c1-16(8-11-3-2-4-15-11)13(18)9-5-10(14)7-12(6-9)17(19)20/h5-7,11,15H,2-4,8H2,1H3. The van der Waals surface area contributed by atoms with Gasteiger partial charge in [-0.3, -0.25) is 14.9 Å². The molecular formula is C13H16ClN3O3. The van der Waals surface area contributed by atoms with Gasteiger partial charge in [-0.25, -0.2) is 0 Å². The smallest absolute Gasteiger partial charge is 0.271 e. The second-order valence-electron chi connectivity index (χ2n) is 4.93. The third kappa shape index (κ3) is 3.46. The third-order valence-electron chi connectivity index (χ3n) is 3.34. The SMILES string of the molecule is CN(CC1CCCN1)C(=O)c1cc(Cl)cc([N+](=O)[O-])c1. The molecule has 1 aromatic carbocycles. The van der Waals surface area contributed by atoms with Crippen molar-refractivity contribution in [3.05, 3.63) is 38.9 Å². The average Bonchev–Trinajstić information content (AvgIpc) is 2.89. The summed E-state index contributed by atoms with van der Waals surface area (Å²) in [6.07, 6.45) is 2.14. The van der Waals surface area contributed by atoms with Crippen molar-refractivity contribution in [1.82, 2.24) is 10.2 Å². The Hall–Kier alpha value is -1.66. The van der Waals surface area contributed by atoms with Gasteiger partial charge in [0.25, 0.3) is 11.6 Å². The number of amides is 1. The van der Waals surface area contributed by atoms with Crippen LogP contribution in [0.4, 0.5) is 5.69 Å². The number of carbonyl (C=O) groups is 1. The van der Waals surface area contributed by atoms with E-state index in [9.17, 15) is 14.9 Å². The summed E-state index contributed by atoms with van der Waals surface area (Å²) in [4.78, 5) is 24.1. The van der Waals surface area contributed by atoms with Gasteiger partial charge in [0.2, 0.25) is 0 Å². The van der Waals surface area contributed by atoms with Crippen LogP contribution in [0.15, 0.2) is 18.2 Å². The first-order valence-electron chi connectivity index (χ1n) is 6.41. The molecule has 1 aliphatic rings. The highest BCUT2D eigenvalue weighted by Crippen LogP contribution is 2.22. The molecule has 0 aromatic heterocycles. The molecule has 1 atom stereocenters. The molecule has 0 spiro atoms. The van der Waals surface area contributed by atoms with Crippen LogP contribution in [0.1, 0.15) is 23.2 Å². The van der Waals surface area contributed by atoms with E-state index in [1.165, 1.54) is 18.2 Å². The zero-order chi connectivity index (χ0) is 14.7. The summed E-state index contributed by atoms with van der Waals surface area (Å²) in [5.74, 6) is -0.260. The minimum Gasteiger partial charge on any atom is -0.340 e. The maximum Gasteiger partial charge on any atom is 0.271 e. The molecule has 1 aromatic rings. The second kappa shape index (κ2) is 6.19. The van der Waals surface area contributed by atoms with Crippen LogP contribution < -0.4 is 5.32 Å². The van der Waals surface area contributed by atoms with Crippen molar-refractivity contribution in [3.63, 3.8) is 0 Å². The van der Waals surface area contributed by atoms with Gasteiger partial charge in [0.15, 0.2) is 0 Å². The topological polar surface area (TPSA) is 75.5 Å². The molecule has 1 saturated heterocycles. The van der Waals surface area contributed by atoms with Crippen LogP contribution in [-0.4, -0.2) is 41.9 Å². The highest BCUT2D eigenvalue weighted by atomic mass is 35.5. The summed E-state index contributed by atoms with van der Waals surface area (Å²) in [6.45, 7) is 1.55. The van der Waals surface area contributed by atoms with Gasteiger partial charge >= 0.3 is 0 Å². The average molecular weight is 298 g/mol. The van der Waals surface area contributed by atoms with Crippen LogP contribution in [0.2, 0.25) is 5.02 Å². The predicted molar refractivity (Wildman–Crippen MR) is 76.1 cm³/mol. The van der Waals surface area contributed by atoms with Crippen molar-refractivity contribution in [2.45, 2.75) is 18.9 Å². The van der Waals surface area contributed by atoms with E-state index in [4.69, 9.17) is 11.6 Å². The number of rotatable bonds is 4. The molecule has 1 fully saturated rings. The van der Waals surface area contributed by atoms with Crippen molar-refractivity contribution in [3.8, 4) is 0 Å². The monoisotopic (exact) mass is 297 g/mol. The van der Waals surface area contributed by atoms with Gasteiger partial charge in [-0.15, -0.1) is 0 Å². The second-order valence-corrected chi connectivity index (χ2v) is 5.37. The first-order valence-corrected chi connectivity index (χ1v) is 6.79. The fraction of sp³-hybridized carbons (Fsp3) is 0.462. The molecule has 1 N–H and O–H groups in total. The number of likely N-dealkylation sites (N-methyl/N-ethyl adjacent to an activating group) is 1. The number of hydrogen-bond acceptors (Lipinski definition) is 4. The van der Waals surface area contributed by atoms with Crippen molar-refractivity contribution in [2.24, 2.45) is 0 Å². The number of hydrogen-bond donors (Lipinski definition) is 1. The minimum absolute atomic E-state index is 0.173. The molecule has 0 aliphatic carbocycles. The van der Waals surface area contributed by atoms with Crippen LogP contribution in [0.5, 0.6) is 0 Å². The van der Waals surface area contributed by atoms with Crippen LogP contribution in [0.25, 0.3) is 0 Å². The Kier molecular flexibility index (Phi) is 4.57. The molecule has 2 rings (SSSR count). The van der Waals surface area contributed by atoms with Crippen LogP contribution in [-0.2, 0) is 0 Å². The molecule has 0 bridgehead atoms. The van der Waals surface area contributed by atoms with Gasteiger partial charge in [0, 0.05) is 42.4 Å². The number of carbonyl (C=O) groups excluding carboxylic acids is 1. The van der Waals surface area contributed by atoms with E-state index in [1.54, 1.807) is 11.9 Å². The van der Waals surface area contributed by atoms with Crippen LogP contribution >= 0.6 is 11.6 Å². The highest BCUT2D eigenvalue weighted by Gasteiger charge is 2.21. The van der Waals surface area contributed by atoms with Crippen LogP contribution in [0.3, 0.4) is 0 Å². The Morgan fingerprint density at radius 2 is 2.30 bits per heavy atom. The molecule has 6 nitrogen and oxygen atoms in total. The maximum absolute atomic E-state index is 12.3. The number of nitro groups is 1. The number of benzene rings is 1. The summed E-state index contributed by atoms with van der Waals surface area (Å²) in [5, 5.41) is 14.3. The molecule has 20 heavy (non-hydrogen) atoms. The predicted octanol–water partition coefficient (Wildman–Crippen LogP) is 2.07. The molecule has 1 unspecified atom stereocenters. The third-order valence-corrected chi connectivity index (χ3v) is 3.56. The highest BCUT2D eigenvalue weighted by molar-refractivity contribution is 6.31. The Morgan fingerprint density at radius 3 is 2.90 bits per heavy atom. The number of nitro benzene ring substituents is 1. The molecular weight excluding hydrogens is 282 g/mol. The maximum atomic E-state index is 12.3. The van der Waals surface area contributed by atoms with Gasteiger partial charge in [0.1, 0.15) is 0 Å². The molecule has 7 heteroatoms. The summed E-state index contributed by atoms with van der Waals surface area (Å²) in [6, 6.07) is 4.23. The lowest BCUT2D eigenvalue weighted by Crippen LogP contribution is -2.38. The Balaban J connectivity index is 2.13. The van der Waals surface area contributed by atoms with Crippen molar-refractivity contribution in [2.75, 3.05) is 20.1 Å². The Labute approximate surface area is 121 Å². The summed E-state index contributed by atoms with van der Waals surface area (Å²) in [7, 11) is 1.69. The largest absolute Gasteiger partial charge is 0.340 e.